The fraction of sp³-hybridized carbons (Fsp3) is 0.677. The number of carbonyl (C=O) groups is 1. The van der Waals surface area contributed by atoms with Crippen molar-refractivity contribution in [3.8, 4) is 0 Å². The van der Waals surface area contributed by atoms with Gasteiger partial charge in [-0.1, -0.05) is 39.8 Å². The van der Waals surface area contributed by atoms with Crippen molar-refractivity contribution in [2.45, 2.75) is 90.6 Å². The number of aromatic nitrogens is 2. The van der Waals surface area contributed by atoms with Gasteiger partial charge in [0, 0.05) is 50.1 Å². The Bertz CT molecular complexity index is 1130. The number of hydrogen-bond acceptors (Lipinski definition) is 4. The molecule has 38 heavy (non-hydrogen) atoms. The lowest BCUT2D eigenvalue weighted by molar-refractivity contribution is -0.147. The Kier molecular flexibility index (Phi) is 7.97. The molecule has 1 N–H and O–H groups in total. The first-order chi connectivity index (χ1) is 18.2. The van der Waals surface area contributed by atoms with Crippen molar-refractivity contribution < 1.29 is 14.3 Å². The van der Waals surface area contributed by atoms with Gasteiger partial charge in [-0.05, 0) is 74.2 Å². The topological polar surface area (TPSA) is 61.6 Å². The van der Waals surface area contributed by atoms with Crippen molar-refractivity contribution >= 4 is 5.97 Å². The van der Waals surface area contributed by atoms with Crippen molar-refractivity contribution in [1.82, 2.24) is 19.4 Å². The van der Waals surface area contributed by atoms with Crippen LogP contribution in [0.3, 0.4) is 0 Å². The van der Waals surface area contributed by atoms with Crippen LogP contribution in [-0.2, 0) is 24.2 Å². The Morgan fingerprint density at radius 3 is 2.58 bits per heavy atom. The van der Waals surface area contributed by atoms with E-state index in [1.165, 1.54) is 36.1 Å². The normalized spacial score (nSPS) is 24.4. The average Bonchev–Trinajstić information content (AvgIpc) is 3.44. The maximum atomic E-state index is 14.2. The second-order valence-corrected chi connectivity index (χ2v) is 12.9. The number of nitrogens with zero attached hydrogens (tertiary/aromatic N) is 4. The fourth-order valence-corrected chi connectivity index (χ4v) is 7.49. The van der Waals surface area contributed by atoms with Crippen LogP contribution in [0.15, 0.2) is 24.3 Å². The van der Waals surface area contributed by atoms with E-state index in [9.17, 15) is 14.3 Å². The zero-order valence-electron chi connectivity index (χ0n) is 23.6. The van der Waals surface area contributed by atoms with Gasteiger partial charge in [-0.2, -0.15) is 0 Å². The summed E-state index contributed by atoms with van der Waals surface area (Å²) in [5.74, 6) is 1.26. The number of fused-ring (bicyclic) bond motifs is 1. The van der Waals surface area contributed by atoms with E-state index in [1.54, 1.807) is 12.1 Å². The lowest BCUT2D eigenvalue weighted by Crippen LogP contribution is -2.48. The largest absolute Gasteiger partial charge is 0.480 e. The van der Waals surface area contributed by atoms with Crippen molar-refractivity contribution in [2.75, 3.05) is 32.7 Å². The van der Waals surface area contributed by atoms with Gasteiger partial charge in [0.2, 0.25) is 0 Å². The van der Waals surface area contributed by atoms with Gasteiger partial charge in [0.1, 0.15) is 17.7 Å². The Morgan fingerprint density at radius 1 is 1.16 bits per heavy atom. The Hall–Kier alpha value is -2.25. The molecule has 3 aliphatic heterocycles. The third kappa shape index (κ3) is 5.55. The Labute approximate surface area is 227 Å². The van der Waals surface area contributed by atoms with Crippen LogP contribution in [0.2, 0.25) is 0 Å². The number of likely N-dealkylation sites (tertiary alicyclic amines) is 2. The van der Waals surface area contributed by atoms with Gasteiger partial charge in [-0.25, -0.2) is 9.37 Å². The molecule has 2 saturated heterocycles. The summed E-state index contributed by atoms with van der Waals surface area (Å²) in [6.07, 6.45) is 6.89. The molecule has 208 valence electrons. The first-order valence-electron chi connectivity index (χ1n) is 14.7. The highest BCUT2D eigenvalue weighted by Gasteiger charge is 2.44. The van der Waals surface area contributed by atoms with Crippen LogP contribution in [-0.4, -0.2) is 69.2 Å². The standard InChI is InChI=1S/C31H45FN4O2/c1-5-26-28(36-14-7-6-11-27(36)33-26)21-12-15-34(16-13-21)18-23-19-35(29(30(37)38)31(2,3)4)20-25(23)22-9-8-10-24(32)17-22/h8-10,17,21,23,25,29H,5-7,11-16,18-20H2,1-4H3,(H,37,38)/t23-,25+,29-/m0/s1. The molecule has 4 heterocycles. The fourth-order valence-electron chi connectivity index (χ4n) is 7.49. The third-order valence-electron chi connectivity index (χ3n) is 9.16. The minimum Gasteiger partial charge on any atom is -0.480 e. The predicted octanol–water partition coefficient (Wildman–Crippen LogP) is 5.32. The molecular weight excluding hydrogens is 479 g/mol. The molecule has 0 aliphatic carbocycles. The molecular formula is C31H45FN4O2. The van der Waals surface area contributed by atoms with Crippen LogP contribution in [0.5, 0.6) is 0 Å². The number of rotatable bonds is 7. The van der Waals surface area contributed by atoms with E-state index < -0.39 is 12.0 Å². The zero-order valence-corrected chi connectivity index (χ0v) is 23.6. The van der Waals surface area contributed by atoms with Crippen LogP contribution in [0.25, 0.3) is 0 Å². The summed E-state index contributed by atoms with van der Waals surface area (Å²) >= 11 is 0. The van der Waals surface area contributed by atoms with E-state index in [0.29, 0.717) is 12.5 Å². The van der Waals surface area contributed by atoms with Crippen molar-refractivity contribution in [1.29, 1.82) is 0 Å². The highest BCUT2D eigenvalue weighted by Crippen LogP contribution is 2.39. The van der Waals surface area contributed by atoms with Crippen LogP contribution in [0.1, 0.15) is 88.0 Å². The van der Waals surface area contributed by atoms with E-state index in [4.69, 9.17) is 4.98 Å². The molecule has 6 nitrogen and oxygen atoms in total. The summed E-state index contributed by atoms with van der Waals surface area (Å²) in [7, 11) is 0. The van der Waals surface area contributed by atoms with E-state index >= 15 is 0 Å². The zero-order chi connectivity index (χ0) is 27.0. The van der Waals surface area contributed by atoms with Crippen molar-refractivity contribution in [2.24, 2.45) is 11.3 Å². The van der Waals surface area contributed by atoms with Gasteiger partial charge in [-0.3, -0.25) is 9.69 Å². The lowest BCUT2D eigenvalue weighted by atomic mass is 9.85. The molecule has 7 heteroatoms. The molecule has 1 aromatic carbocycles. The number of aliphatic carboxylic acids is 1. The van der Waals surface area contributed by atoms with E-state index in [0.717, 1.165) is 64.0 Å². The van der Waals surface area contributed by atoms with Gasteiger partial charge in [0.25, 0.3) is 0 Å². The minimum absolute atomic E-state index is 0.126. The van der Waals surface area contributed by atoms with Crippen LogP contribution < -0.4 is 0 Å². The van der Waals surface area contributed by atoms with Gasteiger partial charge < -0.3 is 14.6 Å². The predicted molar refractivity (Wildman–Crippen MR) is 148 cm³/mol. The maximum Gasteiger partial charge on any atom is 0.321 e. The van der Waals surface area contributed by atoms with E-state index in [2.05, 4.69) is 21.3 Å². The lowest BCUT2D eigenvalue weighted by Gasteiger charge is -2.36. The summed E-state index contributed by atoms with van der Waals surface area (Å²) in [6, 6.07) is 6.37. The SMILES string of the molecule is CCc1nc2n(c1C1CCN(C[C@H]3CN([C@@H](C(=O)O)C(C)(C)C)C[C@@H]3c3cccc(F)c3)CC1)CCCC2. The van der Waals surface area contributed by atoms with Gasteiger partial charge >= 0.3 is 5.97 Å². The number of carboxylic acid groups (broad SMARTS) is 1. The number of hydrogen-bond donors (Lipinski definition) is 1. The number of imidazole rings is 1. The summed E-state index contributed by atoms with van der Waals surface area (Å²) < 4.78 is 16.8. The first-order valence-corrected chi connectivity index (χ1v) is 14.7. The number of halogens is 1. The number of carboxylic acids is 1. The highest BCUT2D eigenvalue weighted by molar-refractivity contribution is 5.74. The molecule has 0 bridgehead atoms. The second-order valence-electron chi connectivity index (χ2n) is 12.9. The van der Waals surface area contributed by atoms with E-state index in [1.807, 2.05) is 26.8 Å². The molecule has 0 amide bonds. The Balaban J connectivity index is 1.31. The number of aryl methyl sites for hydroxylation is 2. The van der Waals surface area contributed by atoms with Crippen LogP contribution >= 0.6 is 0 Å². The molecule has 5 rings (SSSR count). The molecule has 0 spiro atoms. The molecule has 0 radical (unpaired) electrons. The van der Waals surface area contributed by atoms with Crippen molar-refractivity contribution in [3.63, 3.8) is 0 Å². The molecule has 0 saturated carbocycles. The summed E-state index contributed by atoms with van der Waals surface area (Å²) in [4.78, 5) is 22.0. The summed E-state index contributed by atoms with van der Waals surface area (Å²) in [5, 5.41) is 10.1. The third-order valence-corrected chi connectivity index (χ3v) is 9.16. The molecule has 2 aromatic rings. The van der Waals surface area contributed by atoms with Gasteiger partial charge in [0.05, 0.1) is 5.69 Å². The summed E-state index contributed by atoms with van der Waals surface area (Å²) in [6.45, 7) is 13.7. The Morgan fingerprint density at radius 2 is 1.92 bits per heavy atom. The monoisotopic (exact) mass is 524 g/mol. The highest BCUT2D eigenvalue weighted by atomic mass is 19.1. The van der Waals surface area contributed by atoms with E-state index in [-0.39, 0.29) is 23.1 Å². The molecule has 0 unspecified atom stereocenters. The van der Waals surface area contributed by atoms with Gasteiger partial charge in [0.15, 0.2) is 0 Å². The molecule has 1 aromatic heterocycles. The number of benzene rings is 1. The maximum absolute atomic E-state index is 14.2. The van der Waals surface area contributed by atoms with Gasteiger partial charge in [-0.15, -0.1) is 0 Å². The smallest absolute Gasteiger partial charge is 0.321 e. The second kappa shape index (κ2) is 11.1. The quantitative estimate of drug-likeness (QED) is 0.532. The minimum atomic E-state index is -0.771. The summed E-state index contributed by atoms with van der Waals surface area (Å²) in [5.41, 5.74) is 3.41. The van der Waals surface area contributed by atoms with Crippen molar-refractivity contribution in [3.05, 3.63) is 52.9 Å². The van der Waals surface area contributed by atoms with Crippen LogP contribution in [0.4, 0.5) is 4.39 Å². The molecule has 3 aliphatic rings. The average molecular weight is 525 g/mol. The van der Waals surface area contributed by atoms with Crippen LogP contribution in [0, 0.1) is 17.2 Å². The molecule has 2 fully saturated rings. The number of piperidine rings is 1. The molecule has 3 atom stereocenters. The first kappa shape index (κ1) is 27.3.